The highest BCUT2D eigenvalue weighted by atomic mass is 16.7. The van der Waals surface area contributed by atoms with Gasteiger partial charge >= 0.3 is 11.9 Å². The zero-order chi connectivity index (χ0) is 32.4. The van der Waals surface area contributed by atoms with Crippen molar-refractivity contribution in [1.82, 2.24) is 0 Å². The van der Waals surface area contributed by atoms with E-state index in [1.165, 1.54) is 7.11 Å². The molecule has 11 nitrogen and oxygen atoms in total. The van der Waals surface area contributed by atoms with E-state index in [1.807, 2.05) is 12.1 Å². The molecule has 0 saturated heterocycles. The van der Waals surface area contributed by atoms with E-state index in [0.29, 0.717) is 56.6 Å². The van der Waals surface area contributed by atoms with Crippen LogP contribution in [0.1, 0.15) is 46.8 Å². The fourth-order valence-corrected chi connectivity index (χ4v) is 6.08. The summed E-state index contributed by atoms with van der Waals surface area (Å²) in [6.45, 7) is 2.79. The number of rotatable bonds is 13. The van der Waals surface area contributed by atoms with Crippen LogP contribution in [0.2, 0.25) is 0 Å². The Kier molecular flexibility index (Phi) is 8.42. The van der Waals surface area contributed by atoms with E-state index in [0.717, 1.165) is 24.1 Å². The van der Waals surface area contributed by atoms with Crippen LogP contribution in [0, 0.1) is 0 Å². The normalized spacial score (nSPS) is 18.5. The Balaban J connectivity index is 1.46. The number of aromatic carboxylic acids is 1. The quantitative estimate of drug-likeness (QED) is 0.182. The average Bonchev–Trinajstić information content (AvgIpc) is 3.72. The third-order valence-electron chi connectivity index (χ3n) is 8.53. The molecule has 0 amide bonds. The number of methoxy groups -OCH3 is 2. The van der Waals surface area contributed by atoms with Crippen LogP contribution in [0.4, 0.5) is 0 Å². The van der Waals surface area contributed by atoms with Crippen molar-refractivity contribution >= 4 is 23.9 Å². The molecule has 1 unspecified atom stereocenters. The lowest BCUT2D eigenvalue weighted by Crippen LogP contribution is -2.41. The number of hydrogen-bond acceptors (Lipinski definition) is 8. The van der Waals surface area contributed by atoms with Crippen LogP contribution in [0.3, 0.4) is 0 Å². The molecule has 3 aromatic rings. The molecule has 2 aliphatic heterocycles. The Hall–Kier alpha value is -5.29. The predicted molar refractivity (Wildman–Crippen MR) is 169 cm³/mol. The van der Waals surface area contributed by atoms with Gasteiger partial charge in [0, 0.05) is 48.1 Å². The molecular formula is C35H35N2O9+. The van der Waals surface area contributed by atoms with Gasteiger partial charge in [-0.05, 0) is 37.3 Å². The van der Waals surface area contributed by atoms with Crippen LogP contribution in [-0.4, -0.2) is 66.6 Å². The summed E-state index contributed by atoms with van der Waals surface area (Å²) < 4.78 is 28.7. The second kappa shape index (κ2) is 12.6. The monoisotopic (exact) mass is 627 g/mol. The number of carboxylic acids is 2. The Morgan fingerprint density at radius 1 is 0.978 bits per heavy atom. The van der Waals surface area contributed by atoms with Crippen LogP contribution in [0.15, 0.2) is 76.9 Å². The fourth-order valence-electron chi connectivity index (χ4n) is 6.08. The summed E-state index contributed by atoms with van der Waals surface area (Å²) in [5, 5.41) is 25.1. The van der Waals surface area contributed by atoms with E-state index in [1.54, 1.807) is 61.9 Å². The van der Waals surface area contributed by atoms with Gasteiger partial charge in [0.2, 0.25) is 6.79 Å². The molecule has 3 aliphatic rings. The van der Waals surface area contributed by atoms with Gasteiger partial charge in [0.15, 0.2) is 17.2 Å². The lowest BCUT2D eigenvalue weighted by Gasteiger charge is -2.31. The molecule has 1 saturated carbocycles. The number of nitrogens with zero attached hydrogens (tertiary/aromatic N) is 2. The van der Waals surface area contributed by atoms with E-state index < -0.39 is 11.9 Å². The first-order valence-corrected chi connectivity index (χ1v) is 15.0. The molecule has 2 N–H and O–H groups in total. The van der Waals surface area contributed by atoms with Gasteiger partial charge in [0.1, 0.15) is 36.4 Å². The van der Waals surface area contributed by atoms with E-state index in [2.05, 4.69) is 6.92 Å². The van der Waals surface area contributed by atoms with Gasteiger partial charge in [0.05, 0.1) is 37.1 Å². The highest BCUT2D eigenvalue weighted by molar-refractivity contribution is 5.99. The Morgan fingerprint density at radius 2 is 1.74 bits per heavy atom. The summed E-state index contributed by atoms with van der Waals surface area (Å²) in [6, 6.07) is 15.9. The summed E-state index contributed by atoms with van der Waals surface area (Å²) >= 11 is 0. The number of carboxylic acid groups (broad SMARTS) is 2. The van der Waals surface area contributed by atoms with Crippen molar-refractivity contribution < 1.29 is 48.1 Å². The molecule has 11 heteroatoms. The molecule has 2 heterocycles. The van der Waals surface area contributed by atoms with E-state index >= 15 is 0 Å². The van der Waals surface area contributed by atoms with Crippen molar-refractivity contribution in [2.75, 3.05) is 27.6 Å². The van der Waals surface area contributed by atoms with Crippen LogP contribution in [0.25, 0.3) is 5.70 Å². The highest BCUT2D eigenvalue weighted by Crippen LogP contribution is 2.49. The SMILES string of the molecule is CC[N+]1(C2CC2)N=CC(/C=C(\Cc2cc3c(cc2OC)OCO3)C(=O)O)=C1c1ccc(OC)cc1OCc1ccccc1C(=O)O. The van der Waals surface area contributed by atoms with Crippen molar-refractivity contribution in [3.63, 3.8) is 0 Å². The molecule has 0 radical (unpaired) electrons. The van der Waals surface area contributed by atoms with Crippen molar-refractivity contribution in [3.05, 3.63) is 94.1 Å². The first-order chi connectivity index (χ1) is 22.3. The molecule has 46 heavy (non-hydrogen) atoms. The third kappa shape index (κ3) is 5.77. The van der Waals surface area contributed by atoms with Crippen molar-refractivity contribution in [2.45, 2.75) is 38.8 Å². The van der Waals surface area contributed by atoms with Crippen LogP contribution in [-0.2, 0) is 17.8 Å². The molecule has 6 rings (SSSR count). The maximum Gasteiger partial charge on any atom is 0.336 e. The summed E-state index contributed by atoms with van der Waals surface area (Å²) in [5.41, 5.74) is 3.62. The molecule has 0 bridgehead atoms. The van der Waals surface area contributed by atoms with Crippen LogP contribution in [0.5, 0.6) is 28.7 Å². The fraction of sp³-hybridized carbons (Fsp3) is 0.286. The molecule has 1 atom stereocenters. The van der Waals surface area contributed by atoms with Gasteiger partial charge in [-0.2, -0.15) is 4.59 Å². The zero-order valence-electron chi connectivity index (χ0n) is 25.8. The predicted octanol–water partition coefficient (Wildman–Crippen LogP) is 5.67. The second-order valence-electron chi connectivity index (χ2n) is 11.2. The summed E-state index contributed by atoms with van der Waals surface area (Å²) in [6.07, 6.45) is 5.42. The lowest BCUT2D eigenvalue weighted by atomic mass is 9.98. The number of benzene rings is 3. The minimum Gasteiger partial charge on any atom is -0.497 e. The maximum absolute atomic E-state index is 12.7. The van der Waals surface area contributed by atoms with Crippen LogP contribution < -0.4 is 23.7 Å². The third-order valence-corrected chi connectivity index (χ3v) is 8.53. The first-order valence-electron chi connectivity index (χ1n) is 15.0. The highest BCUT2D eigenvalue weighted by Gasteiger charge is 2.52. The topological polar surface area (TPSA) is 133 Å². The summed E-state index contributed by atoms with van der Waals surface area (Å²) in [5.74, 6) is 0.477. The molecule has 0 aromatic heterocycles. The minimum atomic E-state index is -1.08. The first kappa shape index (κ1) is 30.7. The van der Waals surface area contributed by atoms with Crippen molar-refractivity contribution in [3.8, 4) is 28.7 Å². The number of fused-ring (bicyclic) bond motifs is 1. The number of hydrogen-bond donors (Lipinski definition) is 2. The van der Waals surface area contributed by atoms with Gasteiger partial charge in [0.25, 0.3) is 0 Å². The zero-order valence-corrected chi connectivity index (χ0v) is 25.8. The van der Waals surface area contributed by atoms with Gasteiger partial charge in [-0.3, -0.25) is 0 Å². The maximum atomic E-state index is 12.7. The lowest BCUT2D eigenvalue weighted by molar-refractivity contribution is -0.873. The summed E-state index contributed by atoms with van der Waals surface area (Å²) in [4.78, 5) is 24.6. The Bertz CT molecular complexity index is 1790. The molecule has 1 fully saturated rings. The molecule has 238 valence electrons. The number of ether oxygens (including phenoxy) is 5. The molecule has 3 aromatic carbocycles. The van der Waals surface area contributed by atoms with Gasteiger partial charge < -0.3 is 33.9 Å². The van der Waals surface area contributed by atoms with Gasteiger partial charge in [-0.1, -0.05) is 23.3 Å². The number of aliphatic carboxylic acids is 1. The van der Waals surface area contributed by atoms with E-state index in [-0.39, 0.29) is 37.0 Å². The Labute approximate surface area is 266 Å². The van der Waals surface area contributed by atoms with E-state index in [4.69, 9.17) is 28.8 Å². The number of quaternary nitrogens is 1. The second-order valence-corrected chi connectivity index (χ2v) is 11.2. The van der Waals surface area contributed by atoms with E-state index in [9.17, 15) is 19.8 Å². The summed E-state index contributed by atoms with van der Waals surface area (Å²) in [7, 11) is 3.09. The number of carbonyl (C=O) groups is 2. The number of allylic oxidation sites excluding steroid dienone is 2. The largest absolute Gasteiger partial charge is 0.497 e. The van der Waals surface area contributed by atoms with Crippen molar-refractivity contribution in [1.29, 1.82) is 0 Å². The van der Waals surface area contributed by atoms with Crippen molar-refractivity contribution in [2.24, 2.45) is 5.10 Å². The van der Waals surface area contributed by atoms with Crippen LogP contribution >= 0.6 is 0 Å². The standard InChI is InChI=1S/C35H34N2O9/c1-4-37(25-9-10-25)33(28-12-11-26(42-2)16-30(28)44-19-21-7-5-6-8-27(21)35(40)41)24(18-36-37)14-23(34(38)39)13-22-15-31-32(46-20-45-31)17-29(22)43-3/h5-8,11-12,14-18,25H,4,9-10,13,19-20H2,1-3H3,(H-,38,39,40,41)/p+1/b23-14+. The van der Waals surface area contributed by atoms with Gasteiger partial charge in [-0.25, -0.2) is 9.59 Å². The Morgan fingerprint density at radius 3 is 2.41 bits per heavy atom. The molecule has 0 spiro atoms. The molecule has 1 aliphatic carbocycles. The minimum absolute atomic E-state index is 0.00177. The average molecular weight is 628 g/mol. The van der Waals surface area contributed by atoms with Gasteiger partial charge in [-0.15, -0.1) is 0 Å². The smallest absolute Gasteiger partial charge is 0.336 e. The molecular weight excluding hydrogens is 592 g/mol.